The van der Waals surface area contributed by atoms with E-state index in [-0.39, 0.29) is 0 Å². The van der Waals surface area contributed by atoms with E-state index >= 15 is 0 Å². The highest BCUT2D eigenvalue weighted by atomic mass is 16.3. The Morgan fingerprint density at radius 2 is 1.71 bits per heavy atom. The van der Waals surface area contributed by atoms with Gasteiger partial charge in [0, 0.05) is 0 Å². The molecule has 0 bridgehead atoms. The van der Waals surface area contributed by atoms with E-state index in [0.29, 0.717) is 16.7 Å². The molecule has 17 heavy (non-hydrogen) atoms. The maximum atomic E-state index is 10.7. The van der Waals surface area contributed by atoms with Gasteiger partial charge in [-0.2, -0.15) is 0 Å². The van der Waals surface area contributed by atoms with E-state index in [0.717, 1.165) is 18.8 Å². The van der Waals surface area contributed by atoms with Crippen LogP contribution in [-0.4, -0.2) is 10.7 Å². The second-order valence-corrected chi connectivity index (χ2v) is 7.76. The third-order valence-electron chi connectivity index (χ3n) is 6.17. The fraction of sp³-hybridized carbons (Fsp3) is 1.00. The molecule has 0 spiro atoms. The smallest absolute Gasteiger partial charge is 0.0653 e. The third kappa shape index (κ3) is 1.95. The van der Waals surface area contributed by atoms with Gasteiger partial charge in [-0.3, -0.25) is 0 Å². The highest BCUT2D eigenvalue weighted by Crippen LogP contribution is 2.62. The molecule has 1 N–H and O–H groups in total. The molecule has 1 nitrogen and oxygen atoms in total. The van der Waals surface area contributed by atoms with Crippen molar-refractivity contribution in [3.63, 3.8) is 0 Å². The summed E-state index contributed by atoms with van der Waals surface area (Å²) in [5.41, 5.74) is 0.391. The van der Waals surface area contributed by atoms with Crippen LogP contribution in [-0.2, 0) is 0 Å². The van der Waals surface area contributed by atoms with Crippen molar-refractivity contribution < 1.29 is 5.11 Å². The van der Waals surface area contributed by atoms with Crippen LogP contribution in [0.15, 0.2) is 0 Å². The molecular formula is C16H30O. The SMILES string of the molecule is CC[C@@H]1[C@@]2(C)CCCC(C)(C)C2CC[C@@]1(C)O. The lowest BCUT2D eigenvalue weighted by molar-refractivity contribution is -0.167. The summed E-state index contributed by atoms with van der Waals surface area (Å²) in [6, 6.07) is 0. The molecule has 0 aliphatic heterocycles. The Hall–Kier alpha value is -0.0400. The van der Waals surface area contributed by atoms with Gasteiger partial charge in [0.05, 0.1) is 5.60 Å². The second-order valence-electron chi connectivity index (χ2n) is 7.76. The van der Waals surface area contributed by atoms with Gasteiger partial charge in [-0.1, -0.05) is 40.5 Å². The average Bonchev–Trinajstić information content (AvgIpc) is 2.14. The Balaban J connectivity index is 2.37. The van der Waals surface area contributed by atoms with Gasteiger partial charge in [-0.15, -0.1) is 0 Å². The van der Waals surface area contributed by atoms with Crippen LogP contribution in [0.3, 0.4) is 0 Å². The van der Waals surface area contributed by atoms with Crippen LogP contribution in [0.2, 0.25) is 0 Å². The zero-order chi connectivity index (χ0) is 12.9. The lowest BCUT2D eigenvalue weighted by atomic mass is 9.45. The molecule has 2 rings (SSSR count). The van der Waals surface area contributed by atoms with E-state index in [2.05, 4.69) is 34.6 Å². The molecule has 0 aromatic rings. The molecule has 2 aliphatic carbocycles. The first-order valence-corrected chi connectivity index (χ1v) is 7.46. The van der Waals surface area contributed by atoms with Crippen LogP contribution in [0.4, 0.5) is 0 Å². The predicted molar refractivity (Wildman–Crippen MR) is 72.9 cm³/mol. The highest BCUT2D eigenvalue weighted by Gasteiger charge is 2.57. The summed E-state index contributed by atoms with van der Waals surface area (Å²) in [6.45, 7) is 11.7. The molecule has 2 aliphatic rings. The maximum Gasteiger partial charge on any atom is 0.0653 e. The average molecular weight is 238 g/mol. The number of hydrogen-bond acceptors (Lipinski definition) is 1. The largest absolute Gasteiger partial charge is 0.390 e. The summed E-state index contributed by atoms with van der Waals surface area (Å²) in [5.74, 6) is 1.28. The molecule has 1 heteroatoms. The van der Waals surface area contributed by atoms with Crippen molar-refractivity contribution in [3.05, 3.63) is 0 Å². The predicted octanol–water partition coefficient (Wildman–Crippen LogP) is 4.39. The molecule has 0 heterocycles. The van der Waals surface area contributed by atoms with Gasteiger partial charge in [0.15, 0.2) is 0 Å². The highest BCUT2D eigenvalue weighted by molar-refractivity contribution is 5.06. The minimum absolute atomic E-state index is 0.359. The minimum atomic E-state index is -0.437. The summed E-state index contributed by atoms with van der Waals surface area (Å²) in [5, 5.41) is 10.7. The summed E-state index contributed by atoms with van der Waals surface area (Å²) in [4.78, 5) is 0. The lowest BCUT2D eigenvalue weighted by Crippen LogP contribution is -2.57. The standard InChI is InChI=1S/C16H30O/c1-6-12-15(4)10-7-9-14(2,3)13(15)8-11-16(12,5)17/h12-13,17H,6-11H2,1-5H3/t12-,13?,15-,16-/m1/s1. The number of hydrogen-bond donors (Lipinski definition) is 1. The van der Waals surface area contributed by atoms with Gasteiger partial charge in [0.1, 0.15) is 0 Å². The third-order valence-corrected chi connectivity index (χ3v) is 6.17. The van der Waals surface area contributed by atoms with E-state index < -0.39 is 5.60 Å². The van der Waals surface area contributed by atoms with E-state index in [1.165, 1.54) is 25.7 Å². The van der Waals surface area contributed by atoms with Crippen molar-refractivity contribution in [1.29, 1.82) is 0 Å². The number of fused-ring (bicyclic) bond motifs is 1. The molecule has 100 valence electrons. The fourth-order valence-corrected chi connectivity index (χ4v) is 5.53. The van der Waals surface area contributed by atoms with Crippen molar-refractivity contribution in [2.24, 2.45) is 22.7 Å². The Morgan fingerprint density at radius 3 is 2.29 bits per heavy atom. The van der Waals surface area contributed by atoms with Crippen molar-refractivity contribution in [3.8, 4) is 0 Å². The zero-order valence-corrected chi connectivity index (χ0v) is 12.3. The molecule has 2 fully saturated rings. The van der Waals surface area contributed by atoms with Crippen LogP contribution >= 0.6 is 0 Å². The van der Waals surface area contributed by atoms with Crippen molar-refractivity contribution in [2.75, 3.05) is 0 Å². The van der Waals surface area contributed by atoms with Crippen LogP contribution in [0.1, 0.15) is 73.1 Å². The van der Waals surface area contributed by atoms with Crippen LogP contribution < -0.4 is 0 Å². The van der Waals surface area contributed by atoms with Gasteiger partial charge in [0.2, 0.25) is 0 Å². The quantitative estimate of drug-likeness (QED) is 0.718. The van der Waals surface area contributed by atoms with E-state index in [4.69, 9.17) is 0 Å². The first-order chi connectivity index (χ1) is 7.74. The molecule has 0 aromatic carbocycles. The van der Waals surface area contributed by atoms with E-state index in [1.807, 2.05) is 0 Å². The summed E-state index contributed by atoms with van der Waals surface area (Å²) in [7, 11) is 0. The molecule has 0 radical (unpaired) electrons. The fourth-order valence-electron chi connectivity index (χ4n) is 5.53. The zero-order valence-electron chi connectivity index (χ0n) is 12.3. The Labute approximate surface area is 107 Å². The first-order valence-electron chi connectivity index (χ1n) is 7.46. The molecule has 0 aromatic heterocycles. The molecule has 4 atom stereocenters. The van der Waals surface area contributed by atoms with Crippen molar-refractivity contribution in [1.82, 2.24) is 0 Å². The molecule has 0 amide bonds. The molecule has 0 saturated heterocycles. The van der Waals surface area contributed by atoms with E-state index in [1.54, 1.807) is 0 Å². The first kappa shape index (κ1) is 13.4. The normalized spacial score (nSPS) is 49.8. The van der Waals surface area contributed by atoms with Gasteiger partial charge < -0.3 is 5.11 Å². The second kappa shape index (κ2) is 3.98. The topological polar surface area (TPSA) is 20.2 Å². The monoisotopic (exact) mass is 238 g/mol. The van der Waals surface area contributed by atoms with Crippen LogP contribution in [0.5, 0.6) is 0 Å². The summed E-state index contributed by atoms with van der Waals surface area (Å²) >= 11 is 0. The van der Waals surface area contributed by atoms with Gasteiger partial charge >= 0.3 is 0 Å². The Morgan fingerprint density at radius 1 is 1.06 bits per heavy atom. The van der Waals surface area contributed by atoms with Crippen molar-refractivity contribution in [2.45, 2.75) is 78.7 Å². The van der Waals surface area contributed by atoms with Crippen LogP contribution in [0.25, 0.3) is 0 Å². The van der Waals surface area contributed by atoms with Gasteiger partial charge in [-0.25, -0.2) is 0 Å². The number of aliphatic hydroxyl groups is 1. The lowest BCUT2D eigenvalue weighted by Gasteiger charge is -2.61. The maximum absolute atomic E-state index is 10.7. The van der Waals surface area contributed by atoms with Crippen LogP contribution in [0, 0.1) is 22.7 Å². The van der Waals surface area contributed by atoms with Crippen molar-refractivity contribution >= 4 is 0 Å². The van der Waals surface area contributed by atoms with Gasteiger partial charge in [-0.05, 0) is 55.3 Å². The summed E-state index contributed by atoms with van der Waals surface area (Å²) in [6.07, 6.45) is 7.35. The molecule has 2 saturated carbocycles. The summed E-state index contributed by atoms with van der Waals surface area (Å²) < 4.78 is 0. The Bertz CT molecular complexity index is 280. The Kier molecular flexibility index (Phi) is 3.14. The van der Waals surface area contributed by atoms with E-state index in [9.17, 15) is 5.11 Å². The molecule has 1 unspecified atom stereocenters. The number of rotatable bonds is 1. The van der Waals surface area contributed by atoms with Gasteiger partial charge in [0.25, 0.3) is 0 Å². The minimum Gasteiger partial charge on any atom is -0.390 e. The molecular weight excluding hydrogens is 208 g/mol.